The van der Waals surface area contributed by atoms with Crippen LogP contribution in [0.1, 0.15) is 63.2 Å². The number of carbonyl (C=O) groups is 2. The van der Waals surface area contributed by atoms with Gasteiger partial charge in [-0.1, -0.05) is 44.7 Å². The fourth-order valence-electron chi connectivity index (χ4n) is 4.24. The third-order valence-corrected chi connectivity index (χ3v) is 6.91. The van der Waals surface area contributed by atoms with Crippen molar-refractivity contribution in [3.63, 3.8) is 0 Å². The molecule has 0 saturated heterocycles. The first-order chi connectivity index (χ1) is 15.2. The summed E-state index contributed by atoms with van der Waals surface area (Å²) in [7, 11) is 0. The Hall–Kier alpha value is -2.47. The van der Waals surface area contributed by atoms with Crippen LogP contribution >= 0.6 is 11.8 Å². The highest BCUT2D eigenvalue weighted by Crippen LogP contribution is 2.40. The maximum atomic E-state index is 13.5. The Morgan fingerprint density at radius 2 is 1.77 bits per heavy atom. The lowest BCUT2D eigenvalue weighted by Crippen LogP contribution is -2.40. The number of ether oxygens (including phenoxy) is 1. The zero-order valence-electron chi connectivity index (χ0n) is 18.0. The largest absolute Gasteiger partial charge is 0.494 e. The molecular weight excluding hydrogens is 410 g/mol. The summed E-state index contributed by atoms with van der Waals surface area (Å²) >= 11 is 1.39. The predicted octanol–water partition coefficient (Wildman–Crippen LogP) is 5.80. The van der Waals surface area contributed by atoms with Gasteiger partial charge in [-0.05, 0) is 49.1 Å². The Bertz CT molecular complexity index is 925. The van der Waals surface area contributed by atoms with Crippen molar-refractivity contribution < 1.29 is 18.7 Å². The van der Waals surface area contributed by atoms with Crippen LogP contribution in [0.4, 0.5) is 0 Å². The third-order valence-electron chi connectivity index (χ3n) is 5.82. The van der Waals surface area contributed by atoms with E-state index in [1.165, 1.54) is 29.5 Å². The minimum atomic E-state index is -0.166. The van der Waals surface area contributed by atoms with Crippen molar-refractivity contribution in [2.45, 2.75) is 63.7 Å². The lowest BCUT2D eigenvalue weighted by Gasteiger charge is -2.25. The lowest BCUT2D eigenvalue weighted by atomic mass is 10.0. The summed E-state index contributed by atoms with van der Waals surface area (Å²) in [6.45, 7) is 2.71. The quantitative estimate of drug-likeness (QED) is 0.384. The molecule has 1 saturated carbocycles. The minimum absolute atomic E-state index is 0.00799. The fourth-order valence-corrected chi connectivity index (χ4v) is 5.26. The Morgan fingerprint density at radius 3 is 2.42 bits per heavy atom. The van der Waals surface area contributed by atoms with E-state index in [9.17, 15) is 9.59 Å². The average molecular weight is 440 g/mol. The first kappa shape index (κ1) is 21.8. The van der Waals surface area contributed by atoms with Crippen LogP contribution in [0.5, 0.6) is 5.75 Å². The SMILES string of the molecule is CCCOc1ccc(C2=C(SCc3ccco3)C(=O)N(C3CCCCCC3)C2=O)cc1. The van der Waals surface area contributed by atoms with Crippen molar-refractivity contribution in [1.82, 2.24) is 4.90 Å². The van der Waals surface area contributed by atoms with E-state index in [-0.39, 0.29) is 17.9 Å². The maximum Gasteiger partial charge on any atom is 0.268 e. The highest BCUT2D eigenvalue weighted by atomic mass is 32.2. The molecule has 0 unspecified atom stereocenters. The monoisotopic (exact) mass is 439 g/mol. The molecule has 2 amide bonds. The number of carbonyl (C=O) groups excluding carboxylic acids is 2. The molecule has 0 radical (unpaired) electrons. The molecule has 2 aliphatic rings. The maximum absolute atomic E-state index is 13.5. The fraction of sp³-hybridized carbons (Fsp3) is 0.440. The Balaban J connectivity index is 1.63. The van der Waals surface area contributed by atoms with E-state index in [4.69, 9.17) is 9.15 Å². The number of hydrogen-bond acceptors (Lipinski definition) is 5. The van der Waals surface area contributed by atoms with E-state index >= 15 is 0 Å². The second-order valence-electron chi connectivity index (χ2n) is 8.07. The molecule has 6 heteroatoms. The van der Waals surface area contributed by atoms with Gasteiger partial charge < -0.3 is 9.15 Å². The summed E-state index contributed by atoms with van der Waals surface area (Å²) in [4.78, 5) is 29.0. The van der Waals surface area contributed by atoms with Crippen LogP contribution in [0, 0.1) is 0 Å². The van der Waals surface area contributed by atoms with E-state index in [1.807, 2.05) is 36.4 Å². The van der Waals surface area contributed by atoms with Gasteiger partial charge >= 0.3 is 0 Å². The van der Waals surface area contributed by atoms with Gasteiger partial charge in [0.25, 0.3) is 11.8 Å². The molecule has 0 atom stereocenters. The van der Waals surface area contributed by atoms with Gasteiger partial charge in [0.15, 0.2) is 0 Å². The molecule has 1 aromatic heterocycles. The van der Waals surface area contributed by atoms with Gasteiger partial charge in [-0.15, -0.1) is 11.8 Å². The number of rotatable bonds is 8. The van der Waals surface area contributed by atoms with Gasteiger partial charge in [0.1, 0.15) is 11.5 Å². The Kier molecular flexibility index (Phi) is 7.17. The van der Waals surface area contributed by atoms with Gasteiger partial charge in [-0.2, -0.15) is 0 Å². The summed E-state index contributed by atoms with van der Waals surface area (Å²) in [5, 5.41) is 0. The molecule has 2 aromatic rings. The van der Waals surface area contributed by atoms with Crippen LogP contribution in [-0.2, 0) is 15.3 Å². The van der Waals surface area contributed by atoms with Crippen LogP contribution in [0.2, 0.25) is 0 Å². The molecule has 4 rings (SSSR count). The van der Waals surface area contributed by atoms with E-state index < -0.39 is 0 Å². The number of benzene rings is 1. The average Bonchev–Trinajstić information content (AvgIpc) is 3.28. The Morgan fingerprint density at radius 1 is 1.03 bits per heavy atom. The highest BCUT2D eigenvalue weighted by Gasteiger charge is 2.42. The van der Waals surface area contributed by atoms with Crippen LogP contribution < -0.4 is 4.74 Å². The molecule has 0 spiro atoms. The summed E-state index contributed by atoms with van der Waals surface area (Å²) in [6.07, 6.45) is 8.82. The molecule has 1 aliphatic heterocycles. The van der Waals surface area contributed by atoms with E-state index in [0.717, 1.165) is 49.2 Å². The number of furan rings is 1. The molecule has 1 aromatic carbocycles. The first-order valence-electron chi connectivity index (χ1n) is 11.2. The minimum Gasteiger partial charge on any atom is -0.494 e. The van der Waals surface area contributed by atoms with Crippen molar-refractivity contribution in [2.24, 2.45) is 0 Å². The molecule has 2 heterocycles. The van der Waals surface area contributed by atoms with Crippen LogP contribution in [0.3, 0.4) is 0 Å². The molecule has 164 valence electrons. The number of imide groups is 1. The summed E-state index contributed by atoms with van der Waals surface area (Å²) in [5.74, 6) is 1.75. The second-order valence-corrected chi connectivity index (χ2v) is 9.06. The molecule has 1 aliphatic carbocycles. The Labute approximate surface area is 187 Å². The molecule has 0 bridgehead atoms. The van der Waals surface area contributed by atoms with Crippen LogP contribution in [-0.4, -0.2) is 29.4 Å². The number of hydrogen-bond donors (Lipinski definition) is 0. The first-order valence-corrected chi connectivity index (χ1v) is 12.2. The number of amides is 2. The van der Waals surface area contributed by atoms with Crippen molar-refractivity contribution in [2.75, 3.05) is 6.61 Å². The van der Waals surface area contributed by atoms with Gasteiger partial charge in [0.2, 0.25) is 0 Å². The molecule has 31 heavy (non-hydrogen) atoms. The number of thioether (sulfide) groups is 1. The zero-order valence-corrected chi connectivity index (χ0v) is 18.8. The van der Waals surface area contributed by atoms with Crippen molar-refractivity contribution >= 4 is 29.1 Å². The van der Waals surface area contributed by atoms with Gasteiger partial charge in [0, 0.05) is 6.04 Å². The van der Waals surface area contributed by atoms with Crippen molar-refractivity contribution in [1.29, 1.82) is 0 Å². The van der Waals surface area contributed by atoms with E-state index in [2.05, 4.69) is 6.92 Å². The summed E-state index contributed by atoms with van der Waals surface area (Å²) in [6, 6.07) is 11.2. The van der Waals surface area contributed by atoms with Crippen molar-refractivity contribution in [3.05, 3.63) is 58.9 Å². The van der Waals surface area contributed by atoms with Gasteiger partial charge in [-0.3, -0.25) is 14.5 Å². The molecular formula is C25H29NO4S. The third kappa shape index (κ3) is 4.90. The van der Waals surface area contributed by atoms with Crippen molar-refractivity contribution in [3.8, 4) is 5.75 Å². The molecule has 1 fully saturated rings. The molecule has 5 nitrogen and oxygen atoms in total. The predicted molar refractivity (Wildman–Crippen MR) is 122 cm³/mol. The van der Waals surface area contributed by atoms with Crippen LogP contribution in [0.25, 0.3) is 5.57 Å². The van der Waals surface area contributed by atoms with Gasteiger partial charge in [-0.25, -0.2) is 0 Å². The van der Waals surface area contributed by atoms with Gasteiger partial charge in [0.05, 0.1) is 29.1 Å². The highest BCUT2D eigenvalue weighted by molar-refractivity contribution is 8.03. The second kappa shape index (κ2) is 10.2. The van der Waals surface area contributed by atoms with E-state index in [1.54, 1.807) is 6.26 Å². The number of nitrogens with zero attached hydrogens (tertiary/aromatic N) is 1. The summed E-state index contributed by atoms with van der Waals surface area (Å²) in [5.41, 5.74) is 1.27. The van der Waals surface area contributed by atoms with E-state index in [0.29, 0.717) is 22.8 Å². The zero-order chi connectivity index (χ0) is 21.6. The normalized spacial score (nSPS) is 18.0. The smallest absolute Gasteiger partial charge is 0.268 e. The summed E-state index contributed by atoms with van der Waals surface area (Å²) < 4.78 is 11.1. The standard InChI is InChI=1S/C25H29NO4S/c1-2-15-29-20-13-11-18(12-14-20)22-23(31-17-21-10-7-16-30-21)25(28)26(24(22)27)19-8-5-3-4-6-9-19/h7,10-14,16,19H,2-6,8-9,15,17H2,1H3. The molecule has 0 N–H and O–H groups in total. The lowest BCUT2D eigenvalue weighted by molar-refractivity contribution is -0.139. The topological polar surface area (TPSA) is 59.8 Å². The van der Waals surface area contributed by atoms with Crippen LogP contribution in [0.15, 0.2) is 52.0 Å².